The topological polar surface area (TPSA) is 77.8 Å². The number of nitrogens with zero attached hydrogens (tertiary/aromatic N) is 1. The Hall–Kier alpha value is -1.52. The fourth-order valence-corrected chi connectivity index (χ4v) is 3.28. The van der Waals surface area contributed by atoms with Crippen LogP contribution in [0, 0.1) is 17.8 Å². The standard InChI is InChI=1S/C12H17NO4/c1-2-3-7-4-5-13(12(16)17)9-6-8(10(7)9)11(14)15/h2,7-10H,1,3-6H2,(H,14,15)(H,16,17)/t7?,8?,9-,10?/m0/s1. The molecule has 0 aromatic heterocycles. The fourth-order valence-electron chi connectivity index (χ4n) is 3.28. The van der Waals surface area contributed by atoms with Crippen LogP contribution in [0.25, 0.3) is 0 Å². The van der Waals surface area contributed by atoms with Crippen LogP contribution in [0.15, 0.2) is 12.7 Å². The lowest BCUT2D eigenvalue weighted by Gasteiger charge is -2.54. The second kappa shape index (κ2) is 4.39. The molecule has 0 aromatic rings. The molecule has 17 heavy (non-hydrogen) atoms. The van der Waals surface area contributed by atoms with Gasteiger partial charge in [0.15, 0.2) is 0 Å². The van der Waals surface area contributed by atoms with E-state index in [4.69, 9.17) is 10.2 Å². The molecule has 2 aliphatic rings. The molecule has 0 bridgehead atoms. The van der Waals surface area contributed by atoms with E-state index < -0.39 is 12.1 Å². The summed E-state index contributed by atoms with van der Waals surface area (Å²) in [5, 5.41) is 18.2. The van der Waals surface area contributed by atoms with E-state index in [1.807, 2.05) is 0 Å². The van der Waals surface area contributed by atoms with E-state index in [0.29, 0.717) is 13.0 Å². The van der Waals surface area contributed by atoms with Crippen molar-refractivity contribution < 1.29 is 19.8 Å². The Labute approximate surface area is 99.7 Å². The van der Waals surface area contributed by atoms with Gasteiger partial charge in [-0.3, -0.25) is 4.79 Å². The highest BCUT2D eigenvalue weighted by Gasteiger charge is 2.54. The van der Waals surface area contributed by atoms with Gasteiger partial charge in [-0.05, 0) is 31.1 Å². The molecular weight excluding hydrogens is 222 g/mol. The van der Waals surface area contributed by atoms with Crippen LogP contribution < -0.4 is 0 Å². The highest BCUT2D eigenvalue weighted by atomic mass is 16.4. The first kappa shape index (κ1) is 12.0. The average Bonchev–Trinajstić information content (AvgIpc) is 2.19. The number of carboxylic acid groups (broad SMARTS) is 2. The molecule has 0 spiro atoms. The normalized spacial score (nSPS) is 35.6. The molecule has 94 valence electrons. The molecule has 1 amide bonds. The van der Waals surface area contributed by atoms with Crippen LogP contribution in [0.1, 0.15) is 19.3 Å². The number of hydrogen-bond donors (Lipinski definition) is 2. The summed E-state index contributed by atoms with van der Waals surface area (Å²) >= 11 is 0. The number of aliphatic carboxylic acids is 1. The Morgan fingerprint density at radius 3 is 2.65 bits per heavy atom. The van der Waals surface area contributed by atoms with E-state index in [2.05, 4.69) is 6.58 Å². The Balaban J connectivity index is 2.14. The number of rotatable bonds is 3. The number of allylic oxidation sites excluding steroid dienone is 1. The molecule has 2 N–H and O–H groups in total. The van der Waals surface area contributed by atoms with Gasteiger partial charge < -0.3 is 15.1 Å². The Kier molecular flexibility index (Phi) is 3.09. The molecular formula is C12H17NO4. The predicted molar refractivity (Wildman–Crippen MR) is 60.7 cm³/mol. The van der Waals surface area contributed by atoms with Crippen molar-refractivity contribution >= 4 is 12.1 Å². The van der Waals surface area contributed by atoms with Gasteiger partial charge in [-0.2, -0.15) is 0 Å². The van der Waals surface area contributed by atoms with Crippen molar-refractivity contribution in [2.45, 2.75) is 25.3 Å². The monoisotopic (exact) mass is 239 g/mol. The lowest BCUT2D eigenvalue weighted by Crippen LogP contribution is -2.62. The van der Waals surface area contributed by atoms with Crippen LogP contribution >= 0.6 is 0 Å². The van der Waals surface area contributed by atoms with Gasteiger partial charge in [0, 0.05) is 12.6 Å². The van der Waals surface area contributed by atoms with Gasteiger partial charge >= 0.3 is 12.1 Å². The molecule has 1 aliphatic carbocycles. The zero-order valence-corrected chi connectivity index (χ0v) is 9.58. The van der Waals surface area contributed by atoms with Crippen LogP contribution in [-0.2, 0) is 4.79 Å². The van der Waals surface area contributed by atoms with E-state index in [9.17, 15) is 9.59 Å². The summed E-state index contributed by atoms with van der Waals surface area (Å²) in [4.78, 5) is 23.5. The van der Waals surface area contributed by atoms with Crippen molar-refractivity contribution in [3.05, 3.63) is 12.7 Å². The molecule has 2 fully saturated rings. The van der Waals surface area contributed by atoms with Crippen molar-refractivity contribution in [2.75, 3.05) is 6.54 Å². The highest BCUT2D eigenvalue weighted by molar-refractivity contribution is 5.73. The summed E-state index contributed by atoms with van der Waals surface area (Å²) < 4.78 is 0. The number of amides is 1. The van der Waals surface area contributed by atoms with E-state index in [1.54, 1.807) is 6.08 Å². The smallest absolute Gasteiger partial charge is 0.407 e. The number of piperidine rings is 1. The van der Waals surface area contributed by atoms with E-state index in [1.165, 1.54) is 4.90 Å². The van der Waals surface area contributed by atoms with Crippen LogP contribution in [0.3, 0.4) is 0 Å². The Bertz CT molecular complexity index is 354. The zero-order valence-electron chi connectivity index (χ0n) is 9.58. The minimum absolute atomic E-state index is 0.0321. The molecule has 5 nitrogen and oxygen atoms in total. The molecule has 1 heterocycles. The Morgan fingerprint density at radius 1 is 1.41 bits per heavy atom. The third kappa shape index (κ3) is 1.90. The molecule has 0 radical (unpaired) electrons. The lowest BCUT2D eigenvalue weighted by atomic mass is 9.59. The maximum Gasteiger partial charge on any atom is 0.407 e. The summed E-state index contributed by atoms with van der Waals surface area (Å²) in [5.74, 6) is -0.946. The zero-order chi connectivity index (χ0) is 12.6. The second-order valence-electron chi connectivity index (χ2n) is 4.87. The summed E-state index contributed by atoms with van der Waals surface area (Å²) in [6.45, 7) is 4.20. The van der Waals surface area contributed by atoms with Crippen molar-refractivity contribution in [1.29, 1.82) is 0 Å². The first-order chi connectivity index (χ1) is 8.06. The molecule has 4 atom stereocenters. The third-order valence-electron chi connectivity index (χ3n) is 4.12. The molecule has 0 aromatic carbocycles. The molecule has 1 saturated heterocycles. The molecule has 1 aliphatic heterocycles. The molecule has 1 saturated carbocycles. The number of likely N-dealkylation sites (tertiary alicyclic amines) is 1. The average molecular weight is 239 g/mol. The minimum Gasteiger partial charge on any atom is -0.481 e. The Morgan fingerprint density at radius 2 is 2.12 bits per heavy atom. The van der Waals surface area contributed by atoms with Gasteiger partial charge in [0.25, 0.3) is 0 Å². The van der Waals surface area contributed by atoms with Gasteiger partial charge in [0.1, 0.15) is 0 Å². The van der Waals surface area contributed by atoms with Gasteiger partial charge in [0.2, 0.25) is 0 Å². The maximum atomic E-state index is 11.1. The second-order valence-corrected chi connectivity index (χ2v) is 4.87. The summed E-state index contributed by atoms with van der Waals surface area (Å²) in [6.07, 6.45) is 2.85. The summed E-state index contributed by atoms with van der Waals surface area (Å²) in [5.41, 5.74) is 0. The molecule has 3 unspecified atom stereocenters. The highest BCUT2D eigenvalue weighted by Crippen LogP contribution is 2.48. The van der Waals surface area contributed by atoms with E-state index in [-0.39, 0.29) is 23.8 Å². The maximum absolute atomic E-state index is 11.1. The summed E-state index contributed by atoms with van der Waals surface area (Å²) in [6, 6.07) is -0.104. The van der Waals surface area contributed by atoms with Crippen molar-refractivity contribution in [2.24, 2.45) is 17.8 Å². The SMILES string of the molecule is C=CCC1CCN(C(=O)O)[C@H]2CC(C(=O)O)C12. The lowest BCUT2D eigenvalue weighted by molar-refractivity contribution is -0.158. The van der Waals surface area contributed by atoms with Crippen molar-refractivity contribution in [3.8, 4) is 0 Å². The van der Waals surface area contributed by atoms with E-state index >= 15 is 0 Å². The largest absolute Gasteiger partial charge is 0.481 e. The number of carbonyl (C=O) groups is 2. The van der Waals surface area contributed by atoms with Crippen LogP contribution in [0.4, 0.5) is 4.79 Å². The van der Waals surface area contributed by atoms with Crippen molar-refractivity contribution in [3.63, 3.8) is 0 Å². The first-order valence-electron chi connectivity index (χ1n) is 5.89. The quantitative estimate of drug-likeness (QED) is 0.734. The van der Waals surface area contributed by atoms with E-state index in [0.717, 1.165) is 12.8 Å². The van der Waals surface area contributed by atoms with Gasteiger partial charge in [0.05, 0.1) is 5.92 Å². The van der Waals surface area contributed by atoms with Gasteiger partial charge in [-0.1, -0.05) is 6.08 Å². The molecule has 2 rings (SSSR count). The molecule has 5 heteroatoms. The van der Waals surface area contributed by atoms with Crippen molar-refractivity contribution in [1.82, 2.24) is 4.90 Å². The third-order valence-corrected chi connectivity index (χ3v) is 4.12. The van der Waals surface area contributed by atoms with Crippen LogP contribution in [0.2, 0.25) is 0 Å². The van der Waals surface area contributed by atoms with Gasteiger partial charge in [-0.25, -0.2) is 4.79 Å². The fraction of sp³-hybridized carbons (Fsp3) is 0.667. The van der Waals surface area contributed by atoms with Crippen LogP contribution in [-0.4, -0.2) is 39.8 Å². The minimum atomic E-state index is -0.930. The number of carboxylic acids is 1. The number of hydrogen-bond acceptors (Lipinski definition) is 2. The van der Waals surface area contributed by atoms with Gasteiger partial charge in [-0.15, -0.1) is 6.58 Å². The summed E-state index contributed by atoms with van der Waals surface area (Å²) in [7, 11) is 0. The number of fused-ring (bicyclic) bond motifs is 1. The predicted octanol–water partition coefficient (Wildman–Crippen LogP) is 1.65. The van der Waals surface area contributed by atoms with Crippen LogP contribution in [0.5, 0.6) is 0 Å². The first-order valence-corrected chi connectivity index (χ1v) is 5.89.